The van der Waals surface area contributed by atoms with Gasteiger partial charge in [-0.05, 0) is 29.8 Å². The SMILES string of the molecule is O=[N+]([O-])c1ccc(/C=C\c2ccc3c(c2)OCO3)c([N+](=O)[O-])c1. The summed E-state index contributed by atoms with van der Waals surface area (Å²) in [5.41, 5.74) is 0.397. The third kappa shape index (κ3) is 2.95. The van der Waals surface area contributed by atoms with Gasteiger partial charge in [0.05, 0.1) is 21.5 Å². The Morgan fingerprint density at radius 3 is 2.43 bits per heavy atom. The van der Waals surface area contributed by atoms with Gasteiger partial charge < -0.3 is 9.47 Å². The lowest BCUT2D eigenvalue weighted by molar-refractivity contribution is -0.394. The Bertz CT molecular complexity index is 831. The molecular formula is C15H10N2O6. The van der Waals surface area contributed by atoms with E-state index in [1.54, 1.807) is 24.3 Å². The molecule has 116 valence electrons. The van der Waals surface area contributed by atoms with E-state index in [1.807, 2.05) is 0 Å². The number of fused-ring (bicyclic) bond motifs is 1. The van der Waals surface area contributed by atoms with Crippen molar-refractivity contribution in [3.8, 4) is 11.5 Å². The highest BCUT2D eigenvalue weighted by molar-refractivity contribution is 5.76. The molecule has 0 bridgehead atoms. The van der Waals surface area contributed by atoms with Crippen LogP contribution in [0.4, 0.5) is 11.4 Å². The van der Waals surface area contributed by atoms with Crippen LogP contribution in [0.5, 0.6) is 11.5 Å². The van der Waals surface area contributed by atoms with E-state index in [0.29, 0.717) is 11.5 Å². The molecule has 0 spiro atoms. The molecule has 0 unspecified atom stereocenters. The number of ether oxygens (including phenoxy) is 2. The predicted molar refractivity (Wildman–Crippen MR) is 81.2 cm³/mol. The average molecular weight is 314 g/mol. The Morgan fingerprint density at radius 1 is 0.913 bits per heavy atom. The lowest BCUT2D eigenvalue weighted by atomic mass is 10.1. The zero-order valence-corrected chi connectivity index (χ0v) is 11.7. The van der Waals surface area contributed by atoms with Gasteiger partial charge in [0.2, 0.25) is 6.79 Å². The molecule has 0 saturated carbocycles. The third-order valence-electron chi connectivity index (χ3n) is 3.27. The summed E-state index contributed by atoms with van der Waals surface area (Å²) >= 11 is 0. The van der Waals surface area contributed by atoms with Crippen LogP contribution in [0.1, 0.15) is 11.1 Å². The molecule has 2 aromatic carbocycles. The zero-order valence-electron chi connectivity index (χ0n) is 11.7. The number of nitro benzene ring substituents is 2. The van der Waals surface area contributed by atoms with Gasteiger partial charge in [0, 0.05) is 6.07 Å². The average Bonchev–Trinajstić information content (AvgIpc) is 3.00. The smallest absolute Gasteiger partial charge is 0.283 e. The second-order valence-electron chi connectivity index (χ2n) is 4.70. The van der Waals surface area contributed by atoms with Crippen molar-refractivity contribution in [1.82, 2.24) is 0 Å². The van der Waals surface area contributed by atoms with Crippen LogP contribution >= 0.6 is 0 Å². The van der Waals surface area contributed by atoms with Crippen molar-refractivity contribution in [2.45, 2.75) is 0 Å². The summed E-state index contributed by atoms with van der Waals surface area (Å²) in [6.45, 7) is 0.163. The number of hydrogen-bond donors (Lipinski definition) is 0. The lowest BCUT2D eigenvalue weighted by Gasteiger charge is -1.99. The molecule has 0 aliphatic carbocycles. The molecule has 0 aromatic heterocycles. The summed E-state index contributed by atoms with van der Waals surface area (Å²) in [5, 5.41) is 21.8. The maximum Gasteiger partial charge on any atom is 0.283 e. The minimum absolute atomic E-state index is 0.163. The van der Waals surface area contributed by atoms with Crippen molar-refractivity contribution in [3.05, 3.63) is 67.8 Å². The number of nitrogens with zero attached hydrogens (tertiary/aromatic N) is 2. The predicted octanol–water partition coefficient (Wildman–Crippen LogP) is 3.40. The Kier molecular flexibility index (Phi) is 3.63. The fraction of sp³-hybridized carbons (Fsp3) is 0.0667. The fourth-order valence-electron chi connectivity index (χ4n) is 2.15. The van der Waals surface area contributed by atoms with Gasteiger partial charge in [-0.1, -0.05) is 12.1 Å². The summed E-state index contributed by atoms with van der Waals surface area (Å²) in [4.78, 5) is 20.5. The van der Waals surface area contributed by atoms with E-state index in [1.165, 1.54) is 18.2 Å². The molecule has 0 radical (unpaired) electrons. The molecule has 1 heterocycles. The Labute approximate surface area is 129 Å². The molecule has 0 saturated heterocycles. The van der Waals surface area contributed by atoms with Gasteiger partial charge in [0.1, 0.15) is 0 Å². The van der Waals surface area contributed by atoms with Crippen LogP contribution in [0.3, 0.4) is 0 Å². The molecule has 1 aliphatic heterocycles. The summed E-state index contributed by atoms with van der Waals surface area (Å²) in [7, 11) is 0. The van der Waals surface area contributed by atoms with E-state index in [0.717, 1.165) is 11.6 Å². The normalized spacial score (nSPS) is 12.5. The van der Waals surface area contributed by atoms with Gasteiger partial charge >= 0.3 is 0 Å². The van der Waals surface area contributed by atoms with Crippen LogP contribution in [0.2, 0.25) is 0 Å². The molecule has 2 aromatic rings. The standard InChI is InChI=1S/C15H10N2O6/c18-16(19)12-5-4-11(13(8-12)17(20)21)3-1-10-2-6-14-15(7-10)23-9-22-14/h1-8H,9H2/b3-1-. The number of rotatable bonds is 4. The summed E-state index contributed by atoms with van der Waals surface area (Å²) in [5.74, 6) is 1.24. The number of non-ortho nitro benzene ring substituents is 1. The highest BCUT2D eigenvalue weighted by Gasteiger charge is 2.18. The summed E-state index contributed by atoms with van der Waals surface area (Å²) in [6, 6.07) is 8.79. The van der Waals surface area contributed by atoms with Crippen LogP contribution in [-0.2, 0) is 0 Å². The molecule has 0 atom stereocenters. The first-order chi connectivity index (χ1) is 11.0. The van der Waals surface area contributed by atoms with E-state index in [2.05, 4.69) is 0 Å². The van der Waals surface area contributed by atoms with Crippen molar-refractivity contribution in [1.29, 1.82) is 0 Å². The highest BCUT2D eigenvalue weighted by atomic mass is 16.7. The van der Waals surface area contributed by atoms with Crippen molar-refractivity contribution >= 4 is 23.5 Å². The zero-order chi connectivity index (χ0) is 16.4. The van der Waals surface area contributed by atoms with E-state index < -0.39 is 9.85 Å². The van der Waals surface area contributed by atoms with E-state index in [-0.39, 0.29) is 23.7 Å². The first-order valence-corrected chi connectivity index (χ1v) is 6.55. The maximum atomic E-state index is 11.1. The number of nitro groups is 2. The largest absolute Gasteiger partial charge is 0.454 e. The first kappa shape index (κ1) is 14.5. The minimum Gasteiger partial charge on any atom is -0.454 e. The first-order valence-electron chi connectivity index (χ1n) is 6.55. The highest BCUT2D eigenvalue weighted by Crippen LogP contribution is 2.33. The monoisotopic (exact) mass is 314 g/mol. The number of benzene rings is 2. The topological polar surface area (TPSA) is 105 Å². The summed E-state index contributed by atoms with van der Waals surface area (Å²) in [6.07, 6.45) is 3.19. The van der Waals surface area contributed by atoms with E-state index in [4.69, 9.17) is 9.47 Å². The van der Waals surface area contributed by atoms with Gasteiger partial charge in [-0.15, -0.1) is 0 Å². The van der Waals surface area contributed by atoms with Crippen molar-refractivity contribution in [2.24, 2.45) is 0 Å². The molecular weight excluding hydrogens is 304 g/mol. The van der Waals surface area contributed by atoms with Gasteiger partial charge in [0.15, 0.2) is 11.5 Å². The lowest BCUT2D eigenvalue weighted by Crippen LogP contribution is -1.94. The van der Waals surface area contributed by atoms with Crippen LogP contribution in [0.25, 0.3) is 12.2 Å². The molecule has 1 aliphatic rings. The van der Waals surface area contributed by atoms with E-state index >= 15 is 0 Å². The molecule has 8 heteroatoms. The minimum atomic E-state index is -0.668. The van der Waals surface area contributed by atoms with Crippen molar-refractivity contribution in [2.75, 3.05) is 6.79 Å². The van der Waals surface area contributed by atoms with Crippen molar-refractivity contribution in [3.63, 3.8) is 0 Å². The Hall–Kier alpha value is -3.42. The molecule has 0 N–H and O–H groups in total. The Balaban J connectivity index is 1.92. The quantitative estimate of drug-likeness (QED) is 0.486. The fourth-order valence-corrected chi connectivity index (χ4v) is 2.15. The molecule has 8 nitrogen and oxygen atoms in total. The Morgan fingerprint density at radius 2 is 1.70 bits per heavy atom. The van der Waals surface area contributed by atoms with E-state index in [9.17, 15) is 20.2 Å². The second-order valence-corrected chi connectivity index (χ2v) is 4.70. The van der Waals surface area contributed by atoms with Gasteiger partial charge in [0.25, 0.3) is 11.4 Å². The second kappa shape index (κ2) is 5.76. The van der Waals surface area contributed by atoms with Gasteiger partial charge in [-0.3, -0.25) is 20.2 Å². The third-order valence-corrected chi connectivity index (χ3v) is 3.27. The van der Waals surface area contributed by atoms with Gasteiger partial charge in [-0.2, -0.15) is 0 Å². The molecule has 0 amide bonds. The molecule has 3 rings (SSSR count). The van der Waals surface area contributed by atoms with Crippen LogP contribution < -0.4 is 9.47 Å². The van der Waals surface area contributed by atoms with Gasteiger partial charge in [-0.25, -0.2) is 0 Å². The van der Waals surface area contributed by atoms with Crippen LogP contribution in [-0.4, -0.2) is 16.6 Å². The van der Waals surface area contributed by atoms with Crippen molar-refractivity contribution < 1.29 is 19.3 Å². The maximum absolute atomic E-state index is 11.1. The molecule has 23 heavy (non-hydrogen) atoms. The summed E-state index contributed by atoms with van der Waals surface area (Å²) < 4.78 is 10.5. The molecule has 0 fully saturated rings. The van der Waals surface area contributed by atoms with Crippen LogP contribution in [0.15, 0.2) is 36.4 Å². The van der Waals surface area contributed by atoms with Crippen LogP contribution in [0, 0.1) is 20.2 Å². The number of hydrogen-bond acceptors (Lipinski definition) is 6.